The fraction of sp³-hybridized carbons (Fsp3) is 0.368. The van der Waals surface area contributed by atoms with E-state index < -0.39 is 0 Å². The van der Waals surface area contributed by atoms with Crippen LogP contribution in [0.3, 0.4) is 0 Å². The molecular weight excluding hydrogens is 369 g/mol. The van der Waals surface area contributed by atoms with Crippen LogP contribution in [0.15, 0.2) is 54.6 Å². The number of hydrogen-bond donors (Lipinski definition) is 1. The molecule has 0 aromatic heterocycles. The Morgan fingerprint density at radius 1 is 0.952 bits per heavy atom. The summed E-state index contributed by atoms with van der Waals surface area (Å²) in [6, 6.07) is 20.3. The lowest BCUT2D eigenvalue weighted by molar-refractivity contribution is 0.477. The van der Waals surface area contributed by atoms with E-state index in [0.717, 1.165) is 19.4 Å². The molecule has 2 heteroatoms. The van der Waals surface area contributed by atoms with Gasteiger partial charge in [-0.05, 0) is 78.1 Å². The quantitative estimate of drug-likeness (QED) is 0.634. The third-order valence-electron chi connectivity index (χ3n) is 3.70. The lowest BCUT2D eigenvalue weighted by atomic mass is 9.99. The van der Waals surface area contributed by atoms with Gasteiger partial charge in [0.1, 0.15) is 0 Å². The fourth-order valence-electron chi connectivity index (χ4n) is 2.52. The number of rotatable bonds is 8. The van der Waals surface area contributed by atoms with Gasteiger partial charge in [-0.25, -0.2) is 0 Å². The standard InChI is InChI=1S/C19H24IN/c1-2-14-21-19(13-10-16-6-4-3-5-7-16)15-17-8-11-18(20)12-9-17/h3-9,11-12,19,21H,2,10,13-15H2,1H3. The first-order valence-electron chi connectivity index (χ1n) is 7.79. The third-order valence-corrected chi connectivity index (χ3v) is 4.42. The molecule has 1 N–H and O–H groups in total. The van der Waals surface area contributed by atoms with Crippen molar-refractivity contribution in [3.05, 3.63) is 69.3 Å². The zero-order valence-corrected chi connectivity index (χ0v) is 14.8. The Hall–Kier alpha value is -0.870. The first kappa shape index (κ1) is 16.5. The monoisotopic (exact) mass is 393 g/mol. The minimum atomic E-state index is 0.560. The summed E-state index contributed by atoms with van der Waals surface area (Å²) >= 11 is 2.36. The van der Waals surface area contributed by atoms with Crippen LogP contribution in [0.1, 0.15) is 30.9 Å². The van der Waals surface area contributed by atoms with E-state index in [9.17, 15) is 0 Å². The molecule has 0 amide bonds. The van der Waals surface area contributed by atoms with Crippen molar-refractivity contribution in [3.63, 3.8) is 0 Å². The average molecular weight is 393 g/mol. The maximum absolute atomic E-state index is 3.70. The van der Waals surface area contributed by atoms with Gasteiger partial charge in [0.2, 0.25) is 0 Å². The van der Waals surface area contributed by atoms with Crippen LogP contribution in [0.2, 0.25) is 0 Å². The molecule has 0 bridgehead atoms. The zero-order chi connectivity index (χ0) is 14.9. The Balaban J connectivity index is 1.92. The predicted molar refractivity (Wildman–Crippen MR) is 99.7 cm³/mol. The minimum Gasteiger partial charge on any atom is -0.314 e. The van der Waals surface area contributed by atoms with Crippen LogP contribution < -0.4 is 5.32 Å². The normalized spacial score (nSPS) is 12.3. The highest BCUT2D eigenvalue weighted by Gasteiger charge is 2.09. The molecule has 1 unspecified atom stereocenters. The maximum Gasteiger partial charge on any atom is 0.0130 e. The van der Waals surface area contributed by atoms with Crippen LogP contribution in [-0.4, -0.2) is 12.6 Å². The SMILES string of the molecule is CCCNC(CCc1ccccc1)Cc1ccc(I)cc1. The van der Waals surface area contributed by atoms with Crippen LogP contribution >= 0.6 is 22.6 Å². The topological polar surface area (TPSA) is 12.0 Å². The Bertz CT molecular complexity index is 507. The second kappa shape index (κ2) is 9.21. The van der Waals surface area contributed by atoms with E-state index in [0.29, 0.717) is 6.04 Å². The highest BCUT2D eigenvalue weighted by atomic mass is 127. The summed E-state index contributed by atoms with van der Waals surface area (Å²) in [6.07, 6.45) is 4.64. The van der Waals surface area contributed by atoms with E-state index >= 15 is 0 Å². The van der Waals surface area contributed by atoms with E-state index in [4.69, 9.17) is 0 Å². The predicted octanol–water partition coefficient (Wildman–Crippen LogP) is 4.83. The molecule has 112 valence electrons. The molecule has 0 heterocycles. The van der Waals surface area contributed by atoms with E-state index in [1.807, 2.05) is 0 Å². The van der Waals surface area contributed by atoms with E-state index in [-0.39, 0.29) is 0 Å². The summed E-state index contributed by atoms with van der Waals surface area (Å²) in [5, 5.41) is 3.70. The van der Waals surface area contributed by atoms with Crippen LogP contribution in [-0.2, 0) is 12.8 Å². The second-order valence-electron chi connectivity index (χ2n) is 5.51. The van der Waals surface area contributed by atoms with Gasteiger partial charge in [-0.3, -0.25) is 0 Å². The molecule has 0 fully saturated rings. The van der Waals surface area contributed by atoms with Gasteiger partial charge in [0.25, 0.3) is 0 Å². The maximum atomic E-state index is 3.70. The molecule has 0 aliphatic carbocycles. The Labute approximate surface area is 142 Å². The molecule has 21 heavy (non-hydrogen) atoms. The number of benzene rings is 2. The van der Waals surface area contributed by atoms with Crippen molar-refractivity contribution in [2.45, 2.75) is 38.6 Å². The van der Waals surface area contributed by atoms with E-state index in [1.165, 1.54) is 27.5 Å². The minimum absolute atomic E-state index is 0.560. The number of aryl methyl sites for hydroxylation is 1. The summed E-state index contributed by atoms with van der Waals surface area (Å²) in [4.78, 5) is 0. The van der Waals surface area contributed by atoms with Crippen molar-refractivity contribution >= 4 is 22.6 Å². The third kappa shape index (κ3) is 6.18. The van der Waals surface area contributed by atoms with Gasteiger partial charge in [0, 0.05) is 9.61 Å². The summed E-state index contributed by atoms with van der Waals surface area (Å²) < 4.78 is 1.30. The van der Waals surface area contributed by atoms with E-state index in [1.54, 1.807) is 0 Å². The van der Waals surface area contributed by atoms with Crippen molar-refractivity contribution in [2.24, 2.45) is 0 Å². The lowest BCUT2D eigenvalue weighted by Crippen LogP contribution is -2.32. The average Bonchev–Trinajstić information content (AvgIpc) is 2.53. The van der Waals surface area contributed by atoms with Crippen LogP contribution in [0.5, 0.6) is 0 Å². The number of hydrogen-bond acceptors (Lipinski definition) is 1. The van der Waals surface area contributed by atoms with Crippen molar-refractivity contribution in [2.75, 3.05) is 6.54 Å². The molecule has 2 rings (SSSR count). The Morgan fingerprint density at radius 3 is 2.33 bits per heavy atom. The first-order chi connectivity index (χ1) is 10.3. The van der Waals surface area contributed by atoms with Gasteiger partial charge in [-0.15, -0.1) is 0 Å². The van der Waals surface area contributed by atoms with Crippen molar-refractivity contribution < 1.29 is 0 Å². The summed E-state index contributed by atoms with van der Waals surface area (Å²) in [5.74, 6) is 0. The molecule has 0 spiro atoms. The van der Waals surface area contributed by atoms with Crippen LogP contribution in [0.25, 0.3) is 0 Å². The second-order valence-corrected chi connectivity index (χ2v) is 6.75. The highest BCUT2D eigenvalue weighted by Crippen LogP contribution is 2.12. The molecule has 0 radical (unpaired) electrons. The molecule has 2 aromatic rings. The van der Waals surface area contributed by atoms with Crippen LogP contribution in [0.4, 0.5) is 0 Å². The smallest absolute Gasteiger partial charge is 0.0130 e. The molecule has 0 aliphatic rings. The van der Waals surface area contributed by atoms with Crippen molar-refractivity contribution in [1.29, 1.82) is 0 Å². The summed E-state index contributed by atoms with van der Waals surface area (Å²) in [6.45, 7) is 3.33. The Kier molecular flexibility index (Phi) is 7.24. The van der Waals surface area contributed by atoms with Gasteiger partial charge < -0.3 is 5.32 Å². The summed E-state index contributed by atoms with van der Waals surface area (Å²) in [5.41, 5.74) is 2.86. The molecular formula is C19H24IN. The first-order valence-corrected chi connectivity index (χ1v) is 8.87. The van der Waals surface area contributed by atoms with Gasteiger partial charge in [0.15, 0.2) is 0 Å². The van der Waals surface area contributed by atoms with Gasteiger partial charge in [0.05, 0.1) is 0 Å². The molecule has 1 nitrogen and oxygen atoms in total. The molecule has 0 saturated heterocycles. The molecule has 0 aliphatic heterocycles. The largest absolute Gasteiger partial charge is 0.314 e. The number of nitrogens with one attached hydrogen (secondary N) is 1. The van der Waals surface area contributed by atoms with Crippen molar-refractivity contribution in [1.82, 2.24) is 5.32 Å². The Morgan fingerprint density at radius 2 is 1.67 bits per heavy atom. The highest BCUT2D eigenvalue weighted by molar-refractivity contribution is 14.1. The fourth-order valence-corrected chi connectivity index (χ4v) is 2.87. The van der Waals surface area contributed by atoms with Gasteiger partial charge in [-0.1, -0.05) is 49.4 Å². The van der Waals surface area contributed by atoms with Gasteiger partial charge in [-0.2, -0.15) is 0 Å². The van der Waals surface area contributed by atoms with E-state index in [2.05, 4.69) is 89.4 Å². The molecule has 2 aromatic carbocycles. The van der Waals surface area contributed by atoms with Crippen molar-refractivity contribution in [3.8, 4) is 0 Å². The lowest BCUT2D eigenvalue weighted by Gasteiger charge is -2.19. The molecule has 0 saturated carbocycles. The van der Waals surface area contributed by atoms with Crippen LogP contribution in [0, 0.1) is 3.57 Å². The molecule has 1 atom stereocenters. The zero-order valence-electron chi connectivity index (χ0n) is 12.7. The number of halogens is 1. The van der Waals surface area contributed by atoms with Gasteiger partial charge >= 0.3 is 0 Å². The summed E-state index contributed by atoms with van der Waals surface area (Å²) in [7, 11) is 0.